The van der Waals surface area contributed by atoms with Crippen LogP contribution in [0.15, 0.2) is 249 Å². The molecule has 0 spiro atoms. The van der Waals surface area contributed by atoms with E-state index in [2.05, 4.69) is 261 Å². The summed E-state index contributed by atoms with van der Waals surface area (Å²) in [4.78, 5) is 2.47. The molecule has 0 saturated heterocycles. The minimum atomic E-state index is -0.257. The summed E-state index contributed by atoms with van der Waals surface area (Å²) < 4.78 is 0. The molecule has 71 heavy (non-hydrogen) atoms. The molecule has 1 fully saturated rings. The molecule has 0 bridgehead atoms. The molecule has 0 N–H and O–H groups in total. The second-order valence-corrected chi connectivity index (χ2v) is 19.9. The zero-order valence-corrected chi connectivity index (χ0v) is 40.2. The van der Waals surface area contributed by atoms with Gasteiger partial charge in [-0.05, 0) is 156 Å². The molecule has 0 aliphatic heterocycles. The Morgan fingerprint density at radius 1 is 0.366 bits per heavy atom. The first-order valence-corrected chi connectivity index (χ1v) is 25.6. The van der Waals surface area contributed by atoms with Gasteiger partial charge in [-0.1, -0.05) is 232 Å². The van der Waals surface area contributed by atoms with Crippen molar-refractivity contribution in [3.63, 3.8) is 0 Å². The first-order chi connectivity index (χ1) is 35.1. The second kappa shape index (κ2) is 17.9. The number of rotatable bonds is 9. The fourth-order valence-electron chi connectivity index (χ4n) is 12.4. The van der Waals surface area contributed by atoms with E-state index in [1.165, 1.54) is 132 Å². The van der Waals surface area contributed by atoms with Crippen molar-refractivity contribution < 1.29 is 0 Å². The van der Waals surface area contributed by atoms with E-state index in [1.807, 2.05) is 0 Å². The minimum absolute atomic E-state index is 0.257. The molecule has 1 saturated carbocycles. The van der Waals surface area contributed by atoms with Crippen LogP contribution in [0.2, 0.25) is 0 Å². The standard InChI is InChI=1S/C70H55N/c1-70(56-23-6-3-7-24-56)66-31-12-10-26-62(66)63-46-41-55(47-67(63)70)50-39-44-58(45-40-50)71(57-42-37-49(38-43-57)48-33-35-53(36-34-48)60-28-14-20-51-19-8-9-25-59(51)60)68-32-13-11-27-64(68)65-30-16-22-54-21-15-29-61(69(54)65)52-17-4-2-5-18-52/h3,6-16,19-47,52H,2,4-5,17-18H2,1H3. The normalized spacial score (nSPS) is 15.4. The maximum absolute atomic E-state index is 2.47. The highest BCUT2D eigenvalue weighted by Gasteiger charge is 2.40. The van der Waals surface area contributed by atoms with Gasteiger partial charge in [-0.25, -0.2) is 0 Å². The quantitative estimate of drug-likeness (QED) is 0.139. The summed E-state index contributed by atoms with van der Waals surface area (Å²) in [5, 5.41) is 5.25. The number of para-hydroxylation sites is 1. The maximum Gasteiger partial charge on any atom is 0.0540 e. The van der Waals surface area contributed by atoms with Crippen LogP contribution in [0.3, 0.4) is 0 Å². The Hall–Kier alpha value is -8.26. The number of anilines is 3. The Balaban J connectivity index is 0.911. The molecule has 11 aromatic carbocycles. The molecule has 0 amide bonds. The van der Waals surface area contributed by atoms with Crippen LogP contribution in [0.25, 0.3) is 77.2 Å². The van der Waals surface area contributed by atoms with Gasteiger partial charge in [0.1, 0.15) is 0 Å². The number of nitrogens with zero attached hydrogens (tertiary/aromatic N) is 1. The second-order valence-electron chi connectivity index (χ2n) is 19.9. The van der Waals surface area contributed by atoms with Crippen LogP contribution in [0.4, 0.5) is 17.1 Å². The lowest BCUT2D eigenvalue weighted by molar-refractivity contribution is 0.445. The zero-order valence-electron chi connectivity index (χ0n) is 40.2. The van der Waals surface area contributed by atoms with Gasteiger partial charge in [0, 0.05) is 22.4 Å². The summed E-state index contributed by atoms with van der Waals surface area (Å²) in [5.74, 6) is 0.581. The van der Waals surface area contributed by atoms with E-state index < -0.39 is 0 Å². The van der Waals surface area contributed by atoms with Gasteiger partial charge in [-0.3, -0.25) is 0 Å². The molecule has 2 aliphatic carbocycles. The lowest BCUT2D eigenvalue weighted by atomic mass is 9.74. The Kier molecular flexibility index (Phi) is 10.8. The molecule has 1 atom stereocenters. The van der Waals surface area contributed by atoms with E-state index in [-0.39, 0.29) is 5.41 Å². The van der Waals surface area contributed by atoms with E-state index in [1.54, 1.807) is 0 Å². The average molecular weight is 910 g/mol. The van der Waals surface area contributed by atoms with Gasteiger partial charge < -0.3 is 4.90 Å². The predicted octanol–water partition coefficient (Wildman–Crippen LogP) is 19.5. The maximum atomic E-state index is 2.47. The van der Waals surface area contributed by atoms with Crippen LogP contribution in [-0.4, -0.2) is 0 Å². The van der Waals surface area contributed by atoms with Gasteiger partial charge in [-0.15, -0.1) is 0 Å². The number of hydrogen-bond acceptors (Lipinski definition) is 1. The lowest BCUT2D eigenvalue weighted by Gasteiger charge is -2.29. The average Bonchev–Trinajstić information content (AvgIpc) is 3.71. The van der Waals surface area contributed by atoms with Crippen molar-refractivity contribution in [1.82, 2.24) is 0 Å². The largest absolute Gasteiger partial charge is 0.310 e. The Labute approximate surface area is 418 Å². The summed E-state index contributed by atoms with van der Waals surface area (Å²) in [7, 11) is 0. The van der Waals surface area contributed by atoms with Crippen molar-refractivity contribution in [2.45, 2.75) is 50.4 Å². The molecule has 1 nitrogen and oxygen atoms in total. The van der Waals surface area contributed by atoms with Gasteiger partial charge >= 0.3 is 0 Å². The zero-order chi connectivity index (χ0) is 47.3. The van der Waals surface area contributed by atoms with Gasteiger partial charge in [0.2, 0.25) is 0 Å². The van der Waals surface area contributed by atoms with E-state index in [0.29, 0.717) is 5.92 Å². The van der Waals surface area contributed by atoms with Crippen LogP contribution in [0.1, 0.15) is 67.2 Å². The van der Waals surface area contributed by atoms with E-state index in [0.717, 1.165) is 17.1 Å². The van der Waals surface area contributed by atoms with Crippen molar-refractivity contribution in [2.75, 3.05) is 4.90 Å². The van der Waals surface area contributed by atoms with Crippen molar-refractivity contribution >= 4 is 38.6 Å². The van der Waals surface area contributed by atoms with Crippen LogP contribution in [0.5, 0.6) is 0 Å². The topological polar surface area (TPSA) is 3.24 Å². The molecule has 0 aromatic heterocycles. The molecular formula is C70H55N. The summed E-state index contributed by atoms with van der Waals surface area (Å²) in [5.41, 5.74) is 21.1. The van der Waals surface area contributed by atoms with E-state index in [4.69, 9.17) is 0 Å². The molecular weight excluding hydrogens is 855 g/mol. The van der Waals surface area contributed by atoms with Gasteiger partial charge in [0.15, 0.2) is 0 Å². The fourth-order valence-corrected chi connectivity index (χ4v) is 12.4. The third-order valence-corrected chi connectivity index (χ3v) is 16.0. The summed E-state index contributed by atoms with van der Waals surface area (Å²) in [6.45, 7) is 2.40. The molecule has 2 aliphatic rings. The molecule has 13 rings (SSSR count). The molecule has 0 radical (unpaired) electrons. The molecule has 1 unspecified atom stereocenters. The third kappa shape index (κ3) is 7.47. The Bertz CT molecular complexity index is 3720. The lowest BCUT2D eigenvalue weighted by Crippen LogP contribution is -2.22. The summed E-state index contributed by atoms with van der Waals surface area (Å²) in [6.07, 6.45) is 6.47. The number of fused-ring (bicyclic) bond motifs is 5. The molecule has 0 heterocycles. The third-order valence-electron chi connectivity index (χ3n) is 16.0. The first-order valence-electron chi connectivity index (χ1n) is 25.6. The highest BCUT2D eigenvalue weighted by atomic mass is 15.1. The van der Waals surface area contributed by atoms with Crippen molar-refractivity contribution in [1.29, 1.82) is 0 Å². The molecule has 11 aromatic rings. The van der Waals surface area contributed by atoms with E-state index >= 15 is 0 Å². The van der Waals surface area contributed by atoms with Gasteiger partial charge in [-0.2, -0.15) is 0 Å². The van der Waals surface area contributed by atoms with Gasteiger partial charge in [0.05, 0.1) is 5.69 Å². The Morgan fingerprint density at radius 2 is 0.887 bits per heavy atom. The SMILES string of the molecule is CC1(c2ccccc2)c2ccccc2-c2ccc(-c3ccc(N(c4ccc(-c5ccc(-c6cccc7ccccc67)cc5)cc4)c4ccccc4-c4cccc5cccc(C6CCCCC6)c45)cc3)cc21. The Morgan fingerprint density at radius 3 is 1.63 bits per heavy atom. The van der Waals surface area contributed by atoms with Crippen LogP contribution in [0, 0.1) is 0 Å². The summed E-state index contributed by atoms with van der Waals surface area (Å²) in [6, 6.07) is 92.8. The molecule has 340 valence electrons. The van der Waals surface area contributed by atoms with Crippen LogP contribution < -0.4 is 4.90 Å². The predicted molar refractivity (Wildman–Crippen MR) is 301 cm³/mol. The van der Waals surface area contributed by atoms with Crippen molar-refractivity contribution in [3.8, 4) is 55.6 Å². The smallest absolute Gasteiger partial charge is 0.0540 e. The van der Waals surface area contributed by atoms with Crippen molar-refractivity contribution in [2.24, 2.45) is 0 Å². The number of benzene rings is 11. The van der Waals surface area contributed by atoms with E-state index in [9.17, 15) is 0 Å². The monoisotopic (exact) mass is 909 g/mol. The summed E-state index contributed by atoms with van der Waals surface area (Å²) >= 11 is 0. The van der Waals surface area contributed by atoms with Crippen LogP contribution >= 0.6 is 0 Å². The first kappa shape index (κ1) is 42.8. The fraction of sp³-hybridized carbons (Fsp3) is 0.114. The van der Waals surface area contributed by atoms with Crippen LogP contribution in [-0.2, 0) is 5.41 Å². The minimum Gasteiger partial charge on any atom is -0.310 e. The highest BCUT2D eigenvalue weighted by Crippen LogP contribution is 2.53. The number of hydrogen-bond donors (Lipinski definition) is 0. The highest BCUT2D eigenvalue weighted by molar-refractivity contribution is 6.04. The van der Waals surface area contributed by atoms with Gasteiger partial charge in [0.25, 0.3) is 0 Å². The molecule has 1 heteroatoms. The van der Waals surface area contributed by atoms with Crippen molar-refractivity contribution in [3.05, 3.63) is 271 Å².